The second kappa shape index (κ2) is 5.78. The largest absolute Gasteiger partial charge is 0.326 e. The Labute approximate surface area is 119 Å². The molecular formula is C15H22ClFN2. The minimum absolute atomic E-state index is 0.0477. The zero-order chi connectivity index (χ0) is 14.0. The Morgan fingerprint density at radius 1 is 1.37 bits per heavy atom. The lowest BCUT2D eigenvalue weighted by molar-refractivity contribution is 0.123. The molecular weight excluding hydrogens is 263 g/mol. The average Bonchev–Trinajstić information content (AvgIpc) is 2.84. The predicted molar refractivity (Wildman–Crippen MR) is 78.0 cm³/mol. The summed E-state index contributed by atoms with van der Waals surface area (Å²) >= 11 is 5.83. The summed E-state index contributed by atoms with van der Waals surface area (Å²) in [6.45, 7) is 0. The molecule has 0 saturated heterocycles. The van der Waals surface area contributed by atoms with E-state index in [-0.39, 0.29) is 22.4 Å². The summed E-state index contributed by atoms with van der Waals surface area (Å²) in [5.74, 6) is -0.373. The van der Waals surface area contributed by atoms with Crippen molar-refractivity contribution in [1.29, 1.82) is 0 Å². The first-order chi connectivity index (χ1) is 8.95. The number of hydrogen-bond acceptors (Lipinski definition) is 2. The van der Waals surface area contributed by atoms with Crippen LogP contribution in [0.5, 0.6) is 0 Å². The van der Waals surface area contributed by atoms with E-state index in [1.807, 2.05) is 0 Å². The third kappa shape index (κ3) is 2.93. The molecule has 1 atom stereocenters. The van der Waals surface area contributed by atoms with E-state index in [0.717, 1.165) is 24.8 Å². The number of benzene rings is 1. The molecule has 0 spiro atoms. The highest BCUT2D eigenvalue weighted by atomic mass is 35.5. The van der Waals surface area contributed by atoms with Crippen molar-refractivity contribution in [2.75, 3.05) is 14.1 Å². The second-order valence-corrected chi connectivity index (χ2v) is 6.17. The molecule has 4 heteroatoms. The summed E-state index contributed by atoms with van der Waals surface area (Å²) in [7, 11) is 4.20. The van der Waals surface area contributed by atoms with Gasteiger partial charge in [0, 0.05) is 11.6 Å². The molecule has 1 saturated carbocycles. The molecule has 0 radical (unpaired) electrons. The van der Waals surface area contributed by atoms with Gasteiger partial charge in [-0.2, -0.15) is 0 Å². The van der Waals surface area contributed by atoms with Gasteiger partial charge >= 0.3 is 0 Å². The van der Waals surface area contributed by atoms with Crippen molar-refractivity contribution in [3.63, 3.8) is 0 Å². The van der Waals surface area contributed by atoms with Gasteiger partial charge in [-0.15, -0.1) is 0 Å². The van der Waals surface area contributed by atoms with E-state index in [9.17, 15) is 4.39 Å². The molecule has 2 N–H and O–H groups in total. The van der Waals surface area contributed by atoms with E-state index in [1.54, 1.807) is 12.1 Å². The maximum Gasteiger partial charge on any atom is 0.141 e. The number of rotatable bonds is 4. The van der Waals surface area contributed by atoms with Crippen LogP contribution in [0.4, 0.5) is 4.39 Å². The van der Waals surface area contributed by atoms with Gasteiger partial charge < -0.3 is 10.6 Å². The summed E-state index contributed by atoms with van der Waals surface area (Å²) in [4.78, 5) is 2.26. The first kappa shape index (κ1) is 14.8. The van der Waals surface area contributed by atoms with E-state index < -0.39 is 0 Å². The van der Waals surface area contributed by atoms with Crippen molar-refractivity contribution in [2.45, 2.75) is 43.7 Å². The first-order valence-electron chi connectivity index (χ1n) is 6.82. The maximum absolute atomic E-state index is 13.2. The molecule has 1 fully saturated rings. The molecule has 0 heterocycles. The lowest BCUT2D eigenvalue weighted by Crippen LogP contribution is -2.56. The van der Waals surface area contributed by atoms with Gasteiger partial charge in [-0.1, -0.05) is 30.5 Å². The zero-order valence-corrected chi connectivity index (χ0v) is 12.4. The van der Waals surface area contributed by atoms with Gasteiger partial charge in [0.05, 0.1) is 5.02 Å². The number of halogens is 2. The Balaban J connectivity index is 2.15. The highest BCUT2D eigenvalue weighted by Crippen LogP contribution is 2.37. The molecule has 1 aliphatic carbocycles. The van der Waals surface area contributed by atoms with Crippen molar-refractivity contribution in [2.24, 2.45) is 5.73 Å². The predicted octanol–water partition coefficient (Wildman–Crippen LogP) is 3.22. The fourth-order valence-electron chi connectivity index (χ4n) is 3.25. The number of nitrogens with zero attached hydrogens (tertiary/aromatic N) is 1. The van der Waals surface area contributed by atoms with Crippen molar-refractivity contribution in [3.8, 4) is 0 Å². The summed E-state index contributed by atoms with van der Waals surface area (Å²) in [5.41, 5.74) is 7.53. The molecule has 0 bridgehead atoms. The fourth-order valence-corrected chi connectivity index (χ4v) is 3.45. The Bertz CT molecular complexity index is 442. The van der Waals surface area contributed by atoms with Gasteiger partial charge in [0.15, 0.2) is 0 Å². The Hall–Kier alpha value is -0.640. The summed E-state index contributed by atoms with van der Waals surface area (Å²) in [6.07, 6.45) is 5.47. The minimum Gasteiger partial charge on any atom is -0.326 e. The summed E-state index contributed by atoms with van der Waals surface area (Å²) in [5, 5.41) is 0.176. The zero-order valence-electron chi connectivity index (χ0n) is 11.6. The maximum atomic E-state index is 13.2. The van der Waals surface area contributed by atoms with Gasteiger partial charge in [0.1, 0.15) is 5.82 Å². The van der Waals surface area contributed by atoms with Crippen LogP contribution in [0.1, 0.15) is 31.2 Å². The third-order valence-electron chi connectivity index (χ3n) is 4.49. The van der Waals surface area contributed by atoms with Crippen LogP contribution in [-0.2, 0) is 6.42 Å². The summed E-state index contributed by atoms with van der Waals surface area (Å²) < 4.78 is 13.2. The van der Waals surface area contributed by atoms with Crippen LogP contribution < -0.4 is 5.73 Å². The Morgan fingerprint density at radius 2 is 2.00 bits per heavy atom. The third-order valence-corrected chi connectivity index (χ3v) is 4.78. The lowest BCUT2D eigenvalue weighted by Gasteiger charge is -2.41. The average molecular weight is 285 g/mol. The van der Waals surface area contributed by atoms with Gasteiger partial charge in [-0.3, -0.25) is 0 Å². The SMILES string of the molecule is CN(C)C1(C(N)Cc2ccc(F)c(Cl)c2)CCCC1. The number of hydrogen-bond donors (Lipinski definition) is 1. The van der Waals surface area contributed by atoms with Crippen molar-refractivity contribution < 1.29 is 4.39 Å². The topological polar surface area (TPSA) is 29.3 Å². The molecule has 2 nitrogen and oxygen atoms in total. The van der Waals surface area contributed by atoms with E-state index >= 15 is 0 Å². The normalized spacial score (nSPS) is 19.9. The highest BCUT2D eigenvalue weighted by Gasteiger charge is 2.41. The van der Waals surface area contributed by atoms with Crippen LogP contribution in [0.3, 0.4) is 0 Å². The minimum atomic E-state index is -0.373. The van der Waals surface area contributed by atoms with E-state index in [0.29, 0.717) is 0 Å². The molecule has 106 valence electrons. The standard InChI is InChI=1S/C15H22ClFN2/c1-19(2)15(7-3-4-8-15)14(18)10-11-5-6-13(17)12(16)9-11/h5-6,9,14H,3-4,7-8,10,18H2,1-2H3. The highest BCUT2D eigenvalue weighted by molar-refractivity contribution is 6.30. The molecule has 0 aromatic heterocycles. The van der Waals surface area contributed by atoms with Gasteiger partial charge in [-0.05, 0) is 51.1 Å². The van der Waals surface area contributed by atoms with Crippen molar-refractivity contribution in [1.82, 2.24) is 4.90 Å². The fraction of sp³-hybridized carbons (Fsp3) is 0.600. The van der Waals surface area contributed by atoms with Crippen LogP contribution in [0.25, 0.3) is 0 Å². The van der Waals surface area contributed by atoms with Crippen LogP contribution in [-0.4, -0.2) is 30.6 Å². The quantitative estimate of drug-likeness (QED) is 0.920. The van der Waals surface area contributed by atoms with Crippen molar-refractivity contribution >= 4 is 11.6 Å². The Kier molecular flexibility index (Phi) is 4.49. The van der Waals surface area contributed by atoms with Gasteiger partial charge in [-0.25, -0.2) is 4.39 Å². The van der Waals surface area contributed by atoms with Crippen molar-refractivity contribution in [3.05, 3.63) is 34.6 Å². The molecule has 19 heavy (non-hydrogen) atoms. The van der Waals surface area contributed by atoms with Crippen LogP contribution in [0, 0.1) is 5.82 Å². The van der Waals surface area contributed by atoms with Gasteiger partial charge in [0.25, 0.3) is 0 Å². The Morgan fingerprint density at radius 3 is 2.53 bits per heavy atom. The molecule has 1 aliphatic rings. The van der Waals surface area contributed by atoms with Crippen LogP contribution >= 0.6 is 11.6 Å². The van der Waals surface area contributed by atoms with Crippen LogP contribution in [0.15, 0.2) is 18.2 Å². The van der Waals surface area contributed by atoms with E-state index in [2.05, 4.69) is 19.0 Å². The number of nitrogens with two attached hydrogens (primary N) is 1. The van der Waals surface area contributed by atoms with E-state index in [1.165, 1.54) is 18.9 Å². The number of likely N-dealkylation sites (N-methyl/N-ethyl adjacent to an activating group) is 1. The molecule has 0 aliphatic heterocycles. The molecule has 1 aromatic carbocycles. The van der Waals surface area contributed by atoms with Gasteiger partial charge in [0.2, 0.25) is 0 Å². The molecule has 2 rings (SSSR count). The molecule has 0 amide bonds. The van der Waals surface area contributed by atoms with Crippen LogP contribution in [0.2, 0.25) is 5.02 Å². The smallest absolute Gasteiger partial charge is 0.141 e. The first-order valence-corrected chi connectivity index (χ1v) is 7.20. The molecule has 1 aromatic rings. The second-order valence-electron chi connectivity index (χ2n) is 5.76. The van der Waals surface area contributed by atoms with E-state index in [4.69, 9.17) is 17.3 Å². The summed E-state index contributed by atoms with van der Waals surface area (Å²) in [6, 6.07) is 4.93. The monoisotopic (exact) mass is 284 g/mol. The molecule has 1 unspecified atom stereocenters. The lowest BCUT2D eigenvalue weighted by atomic mass is 9.84.